The van der Waals surface area contributed by atoms with E-state index in [0.717, 1.165) is 55.0 Å². The zero-order valence-electron chi connectivity index (χ0n) is 16.9. The first-order valence-corrected chi connectivity index (χ1v) is 10.6. The molecule has 1 aromatic heterocycles. The Hall–Kier alpha value is -3.11. The summed E-state index contributed by atoms with van der Waals surface area (Å²) < 4.78 is 20.0. The van der Waals surface area contributed by atoms with E-state index in [1.54, 1.807) is 12.1 Å². The molecule has 152 valence electrons. The second-order valence-corrected chi connectivity index (χ2v) is 7.93. The van der Waals surface area contributed by atoms with Gasteiger partial charge in [0, 0.05) is 41.8 Å². The van der Waals surface area contributed by atoms with Crippen LogP contribution in [0.3, 0.4) is 0 Å². The van der Waals surface area contributed by atoms with Crippen LogP contribution in [0.4, 0.5) is 4.39 Å². The van der Waals surface area contributed by atoms with Gasteiger partial charge >= 0.3 is 0 Å². The maximum Gasteiger partial charge on any atom is 0.123 e. The summed E-state index contributed by atoms with van der Waals surface area (Å²) in [5, 5.41) is 1.22. The van der Waals surface area contributed by atoms with Crippen molar-refractivity contribution in [2.24, 2.45) is 0 Å². The highest BCUT2D eigenvalue weighted by atomic mass is 19.1. The molecule has 1 atom stereocenters. The summed E-state index contributed by atoms with van der Waals surface area (Å²) in [6.45, 7) is 2.93. The largest absolute Gasteiger partial charge is 0.489 e. The topological polar surface area (TPSA) is 28.3 Å². The zero-order valence-corrected chi connectivity index (χ0v) is 16.9. The lowest BCUT2D eigenvalue weighted by molar-refractivity contribution is 0.201. The van der Waals surface area contributed by atoms with Crippen LogP contribution < -0.4 is 4.74 Å². The van der Waals surface area contributed by atoms with Gasteiger partial charge in [0.25, 0.3) is 0 Å². The summed E-state index contributed by atoms with van der Waals surface area (Å²) in [5.74, 6) is 0.729. The third-order valence-corrected chi connectivity index (χ3v) is 5.88. The predicted octanol–water partition coefficient (Wildman–Crippen LogP) is 5.67. The molecule has 0 aliphatic carbocycles. The van der Waals surface area contributed by atoms with E-state index in [1.807, 2.05) is 42.5 Å². The summed E-state index contributed by atoms with van der Waals surface area (Å²) in [5.41, 5.74) is 4.27. The Kier molecular flexibility index (Phi) is 5.24. The van der Waals surface area contributed by atoms with Crippen molar-refractivity contribution in [2.75, 3.05) is 19.6 Å². The molecule has 0 saturated carbocycles. The molecule has 2 heterocycles. The fourth-order valence-electron chi connectivity index (χ4n) is 4.41. The highest BCUT2D eigenvalue weighted by Crippen LogP contribution is 2.31. The van der Waals surface area contributed by atoms with Crippen LogP contribution in [-0.2, 0) is 6.42 Å². The predicted molar refractivity (Wildman–Crippen MR) is 119 cm³/mol. The molecule has 0 unspecified atom stereocenters. The molecule has 3 nitrogen and oxygen atoms in total. The molecule has 0 bridgehead atoms. The van der Waals surface area contributed by atoms with E-state index in [-0.39, 0.29) is 11.9 Å². The molecule has 5 rings (SSSR count). The van der Waals surface area contributed by atoms with E-state index in [1.165, 1.54) is 17.0 Å². The molecule has 0 spiro atoms. The second kappa shape index (κ2) is 8.33. The minimum atomic E-state index is -0.211. The first-order chi connectivity index (χ1) is 14.8. The Morgan fingerprint density at radius 3 is 2.67 bits per heavy atom. The molecule has 0 amide bonds. The average molecular weight is 400 g/mol. The van der Waals surface area contributed by atoms with Gasteiger partial charge < -0.3 is 9.72 Å². The molecular formula is C26H25FN2O. The summed E-state index contributed by atoms with van der Waals surface area (Å²) in [7, 11) is 0. The van der Waals surface area contributed by atoms with E-state index < -0.39 is 0 Å². The number of ether oxygens (including phenoxy) is 1. The minimum absolute atomic E-state index is 0.211. The summed E-state index contributed by atoms with van der Waals surface area (Å²) in [6, 6.07) is 25.2. The van der Waals surface area contributed by atoms with Crippen LogP contribution in [0.2, 0.25) is 0 Å². The number of hydrogen-bond acceptors (Lipinski definition) is 2. The number of fused-ring (bicyclic) bond motifs is 1. The number of nitrogens with zero attached hydrogens (tertiary/aromatic N) is 1. The fraction of sp³-hybridized carbons (Fsp3) is 0.231. The first kappa shape index (κ1) is 18.9. The van der Waals surface area contributed by atoms with E-state index in [9.17, 15) is 4.39 Å². The monoisotopic (exact) mass is 400 g/mol. The number of aromatic amines is 1. The van der Waals surface area contributed by atoms with Gasteiger partial charge in [0.2, 0.25) is 0 Å². The third kappa shape index (κ3) is 3.96. The van der Waals surface area contributed by atoms with Gasteiger partial charge in [-0.25, -0.2) is 4.39 Å². The lowest BCUT2D eigenvalue weighted by atomic mass is 10.0. The van der Waals surface area contributed by atoms with Gasteiger partial charge in [0.05, 0.1) is 0 Å². The molecule has 1 aliphatic heterocycles. The smallest absolute Gasteiger partial charge is 0.123 e. The zero-order chi connectivity index (χ0) is 20.3. The Morgan fingerprint density at radius 2 is 1.80 bits per heavy atom. The number of halogens is 1. The standard InChI is InChI=1S/C26H25FN2O/c27-20-8-6-7-19(17-20)26-24(23-11-4-5-12-25(23)28-26)14-16-29-15-13-22(18-29)30-21-9-2-1-3-10-21/h1-12,17,22,28H,13-16,18H2/t22-/m1/s1. The van der Waals surface area contributed by atoms with Crippen molar-refractivity contribution < 1.29 is 9.13 Å². The van der Waals surface area contributed by atoms with Gasteiger partial charge in [0.1, 0.15) is 17.7 Å². The fourth-order valence-corrected chi connectivity index (χ4v) is 4.41. The van der Waals surface area contributed by atoms with Gasteiger partial charge in [-0.3, -0.25) is 4.90 Å². The van der Waals surface area contributed by atoms with Crippen molar-refractivity contribution in [3.63, 3.8) is 0 Å². The molecule has 1 fully saturated rings. The number of rotatable bonds is 6. The average Bonchev–Trinajstić information content (AvgIpc) is 3.37. The molecule has 3 aromatic carbocycles. The van der Waals surface area contributed by atoms with Gasteiger partial charge in [0.15, 0.2) is 0 Å². The van der Waals surface area contributed by atoms with E-state index in [2.05, 4.69) is 28.1 Å². The van der Waals surface area contributed by atoms with Crippen molar-refractivity contribution in [3.05, 3.63) is 90.2 Å². The van der Waals surface area contributed by atoms with Crippen molar-refractivity contribution in [1.29, 1.82) is 0 Å². The quantitative estimate of drug-likeness (QED) is 0.452. The van der Waals surface area contributed by atoms with Crippen LogP contribution in [0.5, 0.6) is 5.75 Å². The van der Waals surface area contributed by atoms with Gasteiger partial charge in [-0.15, -0.1) is 0 Å². The Balaban J connectivity index is 1.33. The normalized spacial score (nSPS) is 16.9. The third-order valence-electron chi connectivity index (χ3n) is 5.88. The lowest BCUT2D eigenvalue weighted by Gasteiger charge is -2.17. The van der Waals surface area contributed by atoms with Crippen LogP contribution in [0.1, 0.15) is 12.0 Å². The van der Waals surface area contributed by atoms with Crippen molar-refractivity contribution in [1.82, 2.24) is 9.88 Å². The minimum Gasteiger partial charge on any atom is -0.489 e. The Bertz CT molecular complexity index is 1140. The lowest BCUT2D eigenvalue weighted by Crippen LogP contribution is -2.26. The number of benzene rings is 3. The maximum absolute atomic E-state index is 13.9. The highest BCUT2D eigenvalue weighted by Gasteiger charge is 2.24. The molecule has 1 aliphatic rings. The molecule has 0 radical (unpaired) electrons. The van der Waals surface area contributed by atoms with Gasteiger partial charge in [-0.1, -0.05) is 48.5 Å². The number of likely N-dealkylation sites (tertiary alicyclic amines) is 1. The maximum atomic E-state index is 13.9. The summed E-state index contributed by atoms with van der Waals surface area (Å²) in [4.78, 5) is 5.98. The molecular weight excluding hydrogens is 375 g/mol. The Labute approximate surface area is 176 Å². The first-order valence-electron chi connectivity index (χ1n) is 10.6. The number of para-hydroxylation sites is 2. The van der Waals surface area contributed by atoms with Gasteiger partial charge in [-0.05, 0) is 48.7 Å². The SMILES string of the molecule is Fc1cccc(-c2[nH]c3ccccc3c2CCN2CC[C@@H](Oc3ccccc3)C2)c1. The van der Waals surface area contributed by atoms with E-state index in [0.29, 0.717) is 0 Å². The van der Waals surface area contributed by atoms with Crippen molar-refractivity contribution in [3.8, 4) is 17.0 Å². The second-order valence-electron chi connectivity index (χ2n) is 7.93. The van der Waals surface area contributed by atoms with Crippen LogP contribution in [0.25, 0.3) is 22.2 Å². The number of aromatic nitrogens is 1. The van der Waals surface area contributed by atoms with Crippen LogP contribution >= 0.6 is 0 Å². The molecule has 30 heavy (non-hydrogen) atoms. The van der Waals surface area contributed by atoms with Crippen molar-refractivity contribution >= 4 is 10.9 Å². The number of nitrogens with one attached hydrogen (secondary N) is 1. The Morgan fingerprint density at radius 1 is 0.967 bits per heavy atom. The van der Waals surface area contributed by atoms with Gasteiger partial charge in [-0.2, -0.15) is 0 Å². The highest BCUT2D eigenvalue weighted by molar-refractivity contribution is 5.90. The number of hydrogen-bond donors (Lipinski definition) is 1. The van der Waals surface area contributed by atoms with Crippen LogP contribution in [-0.4, -0.2) is 35.6 Å². The number of H-pyrrole nitrogens is 1. The summed E-state index contributed by atoms with van der Waals surface area (Å²) in [6.07, 6.45) is 2.19. The molecule has 4 aromatic rings. The molecule has 1 saturated heterocycles. The van der Waals surface area contributed by atoms with E-state index >= 15 is 0 Å². The van der Waals surface area contributed by atoms with Crippen LogP contribution in [0.15, 0.2) is 78.9 Å². The molecule has 1 N–H and O–H groups in total. The van der Waals surface area contributed by atoms with E-state index in [4.69, 9.17) is 4.74 Å². The summed E-state index contributed by atoms with van der Waals surface area (Å²) >= 11 is 0. The van der Waals surface area contributed by atoms with Crippen LogP contribution in [0, 0.1) is 5.82 Å². The van der Waals surface area contributed by atoms with Crippen molar-refractivity contribution in [2.45, 2.75) is 18.9 Å². The molecule has 4 heteroatoms.